The SMILES string of the molecule is CC1(c2ccccc2)CCC2(C)CC(CCCNc3ncn[nH]3)CCN2C1.CC1(c2ccccc2)CCC2(C)CC3(CCC(=O)O3)CCN2C1.CC1(c2ccccc2)CCC2CC3(CCCO3)CCN2C1.COC1(CCCNc2ncccn2)CCN2CC(C)(c3ccccc3)CCC2C1. The molecule has 10 saturated heterocycles. The van der Waals surface area contributed by atoms with Gasteiger partial charge >= 0.3 is 5.97 Å². The summed E-state index contributed by atoms with van der Waals surface area (Å²) in [6.45, 7) is 26.9. The second kappa shape index (κ2) is 31.1. The van der Waals surface area contributed by atoms with E-state index in [1.807, 2.05) is 13.2 Å². The molecule has 0 amide bonds. The van der Waals surface area contributed by atoms with Gasteiger partial charge in [0, 0.05) is 149 Å². The number of carbonyl (C=O) groups excluding carboxylic acids is 1. The maximum atomic E-state index is 11.6. The molecule has 15 heteroatoms. The van der Waals surface area contributed by atoms with Crippen LogP contribution in [0.5, 0.6) is 0 Å². The zero-order chi connectivity index (χ0) is 69.4. The number of benzene rings is 4. The standard InChI is InChI=1S/C24H34N4O.C22H33N5.C20H27NO2.C19H27NO/c1-23(20-8-4-3-5-9-20)12-10-21-18-24(29-2,13-17-28(21)19-23)11-6-14-25-22-26-15-7-16-27-22;1-21(19-8-4-3-5-9-19)11-12-22(2)15-18(10-14-27(22)16-21)7-6-13-23-20-24-17-25-26-20;1-18(16-6-4-3-5-7-16)10-11-19(2)14-20(9-8-17(22)23-20)12-13-21(19)15-18;1-18(16-6-3-2-4-7-16)10-8-17-14-19(9-5-13-21-19)11-12-20(17)15-18/h3-5,7-9,15-16,21H,6,10-14,17-19H2,1-2H3,(H,25,26,27);3-5,8-9,17-18H,6-7,10-16H2,1-2H3,(H2,23,24,25,26);3-7H,8-15H2,1-2H3;2-4,6-7,17H,5,8-15H2,1H3. The smallest absolute Gasteiger partial charge is 0.306 e. The Hall–Kier alpha value is -6.07. The van der Waals surface area contributed by atoms with Gasteiger partial charge in [-0.25, -0.2) is 20.1 Å². The van der Waals surface area contributed by atoms with E-state index in [2.05, 4.69) is 218 Å². The molecule has 2 aromatic heterocycles. The summed E-state index contributed by atoms with van der Waals surface area (Å²) in [7, 11) is 1.90. The molecule has 0 aliphatic carbocycles. The van der Waals surface area contributed by atoms with Gasteiger partial charge in [-0.05, 0) is 189 Å². The van der Waals surface area contributed by atoms with Crippen molar-refractivity contribution in [2.24, 2.45) is 5.92 Å². The van der Waals surface area contributed by atoms with Crippen molar-refractivity contribution in [3.63, 3.8) is 0 Å². The Kier molecular flexibility index (Phi) is 22.5. The maximum absolute atomic E-state index is 11.6. The zero-order valence-electron chi connectivity index (χ0n) is 62.0. The lowest BCUT2D eigenvalue weighted by atomic mass is 9.65. The van der Waals surface area contributed by atoms with Crippen LogP contribution in [0.1, 0.15) is 218 Å². The highest BCUT2D eigenvalue weighted by Gasteiger charge is 2.55. The number of esters is 1. The van der Waals surface area contributed by atoms with E-state index in [1.54, 1.807) is 18.7 Å². The van der Waals surface area contributed by atoms with Crippen LogP contribution in [0.25, 0.3) is 0 Å². The van der Waals surface area contributed by atoms with E-state index in [4.69, 9.17) is 14.2 Å². The van der Waals surface area contributed by atoms with Crippen LogP contribution in [0.2, 0.25) is 0 Å². The fourth-order valence-corrected chi connectivity index (χ4v) is 20.5. The first-order chi connectivity index (χ1) is 48.3. The van der Waals surface area contributed by atoms with Gasteiger partial charge in [0.1, 0.15) is 11.9 Å². The van der Waals surface area contributed by atoms with Gasteiger partial charge in [-0.2, -0.15) is 5.10 Å². The van der Waals surface area contributed by atoms with Crippen molar-refractivity contribution in [3.8, 4) is 0 Å². The molecule has 2 spiro atoms. The number of hydrogen-bond donors (Lipinski definition) is 3. The van der Waals surface area contributed by atoms with Crippen LogP contribution in [0.15, 0.2) is 146 Å². The van der Waals surface area contributed by atoms with Crippen molar-refractivity contribution in [2.75, 3.05) is 89.8 Å². The minimum absolute atomic E-state index is 0.00647. The number of aromatic nitrogens is 5. The van der Waals surface area contributed by atoms with Crippen molar-refractivity contribution in [2.45, 2.75) is 257 Å². The summed E-state index contributed by atoms with van der Waals surface area (Å²) >= 11 is 0. The molecule has 100 heavy (non-hydrogen) atoms. The van der Waals surface area contributed by atoms with Crippen molar-refractivity contribution < 1.29 is 19.0 Å². The van der Waals surface area contributed by atoms with Gasteiger partial charge in [0.05, 0.1) is 11.2 Å². The quantitative estimate of drug-likeness (QED) is 0.0661. The van der Waals surface area contributed by atoms with Gasteiger partial charge in [0.2, 0.25) is 11.9 Å². The second-order valence-corrected chi connectivity index (χ2v) is 34.2. The third kappa shape index (κ3) is 16.8. The number of hydrogen-bond acceptors (Lipinski definition) is 14. The fraction of sp³-hybridized carbons (Fsp3) is 0.635. The third-order valence-electron chi connectivity index (χ3n) is 27.0. The molecule has 10 fully saturated rings. The van der Waals surface area contributed by atoms with Gasteiger partial charge < -0.3 is 24.8 Å². The number of aromatic amines is 1. The van der Waals surface area contributed by atoms with Gasteiger partial charge in [-0.1, -0.05) is 149 Å². The summed E-state index contributed by atoms with van der Waals surface area (Å²) in [5, 5.41) is 13.4. The molecule has 10 aliphatic heterocycles. The summed E-state index contributed by atoms with van der Waals surface area (Å²) in [4.78, 5) is 35.2. The number of H-pyrrole nitrogens is 1. The Bertz CT molecular complexity index is 3520. The van der Waals surface area contributed by atoms with E-state index in [9.17, 15) is 4.79 Å². The van der Waals surface area contributed by atoms with Crippen molar-refractivity contribution in [3.05, 3.63) is 168 Å². The molecule has 16 rings (SSSR count). The molecular formula is C85H121N11O4. The molecule has 12 heterocycles. The van der Waals surface area contributed by atoms with E-state index in [1.165, 1.54) is 151 Å². The monoisotopic (exact) mass is 1360 g/mol. The Morgan fingerprint density at radius 1 is 0.530 bits per heavy atom. The largest absolute Gasteiger partial charge is 0.459 e. The topological polar surface area (TPSA) is 149 Å². The lowest BCUT2D eigenvalue weighted by molar-refractivity contribution is -0.160. The average Bonchev–Trinajstić information content (AvgIpc) is 1.18. The molecule has 10 aliphatic rings. The summed E-state index contributed by atoms with van der Waals surface area (Å²) in [5.41, 5.74) is 7.76. The fourth-order valence-electron chi connectivity index (χ4n) is 20.5. The Balaban J connectivity index is 0.000000120. The number of piperidine rings is 8. The van der Waals surface area contributed by atoms with Crippen LogP contribution in [-0.4, -0.2) is 170 Å². The molecule has 4 aromatic carbocycles. The summed E-state index contributed by atoms with van der Waals surface area (Å²) in [6, 6.07) is 47.5. The number of nitrogens with one attached hydrogen (secondary N) is 3. The molecule has 540 valence electrons. The first-order valence-corrected chi connectivity index (χ1v) is 39.0. The summed E-state index contributed by atoms with van der Waals surface area (Å²) in [6.07, 6.45) is 33.5. The number of carbonyl (C=O) groups is 1. The second-order valence-electron chi connectivity index (χ2n) is 34.2. The van der Waals surface area contributed by atoms with Crippen LogP contribution in [0.4, 0.5) is 11.9 Å². The first kappa shape index (κ1) is 72.3. The highest BCUT2D eigenvalue weighted by Crippen LogP contribution is 2.52. The van der Waals surface area contributed by atoms with E-state index in [0.29, 0.717) is 34.8 Å². The lowest BCUT2D eigenvalue weighted by Crippen LogP contribution is -2.63. The predicted molar refractivity (Wildman–Crippen MR) is 403 cm³/mol. The third-order valence-corrected chi connectivity index (χ3v) is 27.0. The van der Waals surface area contributed by atoms with E-state index in [0.717, 1.165) is 109 Å². The number of fused-ring (bicyclic) bond motifs is 4. The van der Waals surface area contributed by atoms with Crippen LogP contribution in [-0.2, 0) is 40.7 Å². The van der Waals surface area contributed by atoms with Crippen LogP contribution in [0, 0.1) is 5.92 Å². The molecule has 0 saturated carbocycles. The molecule has 0 bridgehead atoms. The number of rotatable bonds is 15. The van der Waals surface area contributed by atoms with Gasteiger partial charge in [0.15, 0.2) is 0 Å². The van der Waals surface area contributed by atoms with Crippen molar-refractivity contribution >= 4 is 17.9 Å². The number of nitrogens with zero attached hydrogens (tertiary/aromatic N) is 8. The Labute approximate surface area is 599 Å². The van der Waals surface area contributed by atoms with Crippen LogP contribution >= 0.6 is 0 Å². The molecule has 6 aromatic rings. The van der Waals surface area contributed by atoms with Gasteiger partial charge in [-0.15, -0.1) is 0 Å². The average molecular weight is 1360 g/mol. The Morgan fingerprint density at radius 3 is 1.63 bits per heavy atom. The highest BCUT2D eigenvalue weighted by atomic mass is 16.6. The predicted octanol–water partition coefficient (Wildman–Crippen LogP) is 15.9. The molecular weight excluding hydrogens is 1240 g/mol. The molecule has 0 radical (unpaired) electrons. The van der Waals surface area contributed by atoms with Gasteiger partial charge in [0.25, 0.3) is 0 Å². The summed E-state index contributed by atoms with van der Waals surface area (Å²) < 4.78 is 18.0. The molecule has 3 N–H and O–H groups in total. The molecule has 12 unspecified atom stereocenters. The summed E-state index contributed by atoms with van der Waals surface area (Å²) in [5.74, 6) is 2.35. The lowest BCUT2D eigenvalue weighted by Gasteiger charge is -2.57. The normalized spacial score (nSPS) is 35.0. The van der Waals surface area contributed by atoms with Crippen molar-refractivity contribution in [1.82, 2.24) is 44.7 Å². The van der Waals surface area contributed by atoms with E-state index in [-0.39, 0.29) is 39.1 Å². The van der Waals surface area contributed by atoms with Gasteiger partial charge in [-0.3, -0.25) is 24.4 Å². The minimum Gasteiger partial charge on any atom is -0.459 e. The van der Waals surface area contributed by atoms with Crippen LogP contribution in [0.3, 0.4) is 0 Å². The molecule has 12 atom stereocenters. The minimum atomic E-state index is -0.164. The Morgan fingerprint density at radius 2 is 1.08 bits per heavy atom. The first-order valence-electron chi connectivity index (χ1n) is 39.0. The maximum Gasteiger partial charge on any atom is 0.306 e. The van der Waals surface area contributed by atoms with Crippen LogP contribution < -0.4 is 10.6 Å². The van der Waals surface area contributed by atoms with E-state index >= 15 is 0 Å². The highest BCUT2D eigenvalue weighted by molar-refractivity contribution is 5.72. The number of ether oxygens (including phenoxy) is 3. The van der Waals surface area contributed by atoms with Crippen molar-refractivity contribution in [1.29, 1.82) is 0 Å². The zero-order valence-corrected chi connectivity index (χ0v) is 62.0. The molecule has 15 nitrogen and oxygen atoms in total. The number of methoxy groups -OCH3 is 1. The van der Waals surface area contributed by atoms with E-state index < -0.39 is 0 Å². The number of anilines is 2.